The van der Waals surface area contributed by atoms with Crippen molar-refractivity contribution in [1.82, 2.24) is 19.5 Å². The van der Waals surface area contributed by atoms with E-state index in [4.69, 9.17) is 19.4 Å². The number of furan rings is 1. The Labute approximate surface area is 320 Å². The van der Waals surface area contributed by atoms with E-state index in [1.807, 2.05) is 30.3 Å². The van der Waals surface area contributed by atoms with Gasteiger partial charge in [0.05, 0.1) is 11.0 Å². The molecule has 3 heterocycles. The normalized spacial score (nSPS) is 11.9. The molecule has 12 aromatic rings. The highest BCUT2D eigenvalue weighted by molar-refractivity contribution is 6.25. The average molecular weight is 715 g/mol. The van der Waals surface area contributed by atoms with Gasteiger partial charge in [-0.1, -0.05) is 152 Å². The molecule has 0 radical (unpaired) electrons. The van der Waals surface area contributed by atoms with Crippen LogP contribution in [0.5, 0.6) is 0 Å². The molecule has 0 aliphatic heterocycles. The van der Waals surface area contributed by atoms with Crippen LogP contribution in [-0.2, 0) is 0 Å². The number of para-hydroxylation sites is 3. The minimum absolute atomic E-state index is 0.565. The molecule has 56 heavy (non-hydrogen) atoms. The minimum atomic E-state index is 0.565. The molecule has 0 unspecified atom stereocenters. The van der Waals surface area contributed by atoms with Crippen LogP contribution in [0.25, 0.3) is 116 Å². The van der Waals surface area contributed by atoms with Crippen LogP contribution in [0.2, 0.25) is 0 Å². The Kier molecular flexibility index (Phi) is 6.56. The van der Waals surface area contributed by atoms with E-state index < -0.39 is 0 Å². The highest BCUT2D eigenvalue weighted by atomic mass is 16.3. The number of hydrogen-bond acceptors (Lipinski definition) is 4. The van der Waals surface area contributed by atoms with Crippen LogP contribution < -0.4 is 0 Å². The topological polar surface area (TPSA) is 56.7 Å². The standard InChI is InChI=1S/C51H30N4O/c1-2-13-31(14-3-1)49-52-50(33-25-27-39-37-17-5-4-15-35(37)36-16-6-7-18-38(36)43(39)30-33)54-51(53-49)55-45-23-10-8-19-40(45)44-29-32(26-28-46(44)55)34-21-12-22-42-41-20-9-11-24-47(41)56-48(34)42/h1-30H. The van der Waals surface area contributed by atoms with Crippen LogP contribution in [0.15, 0.2) is 186 Å². The first-order valence-electron chi connectivity index (χ1n) is 18.9. The summed E-state index contributed by atoms with van der Waals surface area (Å²) in [6, 6.07) is 63.8. The molecule has 0 saturated heterocycles. The van der Waals surface area contributed by atoms with Gasteiger partial charge in [0.1, 0.15) is 11.2 Å². The Hall–Kier alpha value is -7.63. The first-order valence-corrected chi connectivity index (χ1v) is 18.9. The minimum Gasteiger partial charge on any atom is -0.455 e. The predicted molar refractivity (Wildman–Crippen MR) is 230 cm³/mol. The van der Waals surface area contributed by atoms with Gasteiger partial charge < -0.3 is 4.42 Å². The third kappa shape index (κ3) is 4.58. The SMILES string of the molecule is c1ccc(-c2nc(-c3ccc4c5ccccc5c5ccccc5c4c3)nc(-n3c4ccccc4c4cc(-c5cccc6c5oc5ccccc56)ccc43)n2)cc1. The fourth-order valence-electron chi connectivity index (χ4n) is 8.69. The molecule has 0 aliphatic rings. The lowest BCUT2D eigenvalue weighted by atomic mass is 9.93. The van der Waals surface area contributed by atoms with Gasteiger partial charge in [-0.3, -0.25) is 4.57 Å². The highest BCUT2D eigenvalue weighted by Crippen LogP contribution is 2.40. The van der Waals surface area contributed by atoms with Gasteiger partial charge in [0.25, 0.3) is 0 Å². The van der Waals surface area contributed by atoms with Crippen molar-refractivity contribution in [1.29, 1.82) is 0 Å². The second kappa shape index (κ2) is 11.9. The Bertz CT molecular complexity index is 3510. The Balaban J connectivity index is 1.09. The van der Waals surface area contributed by atoms with E-state index in [9.17, 15) is 0 Å². The molecule has 12 rings (SSSR count). The number of hydrogen-bond donors (Lipinski definition) is 0. The Morgan fingerprint density at radius 2 is 0.893 bits per heavy atom. The molecule has 0 saturated carbocycles. The lowest BCUT2D eigenvalue weighted by molar-refractivity contribution is 0.670. The van der Waals surface area contributed by atoms with Gasteiger partial charge in [-0.05, 0) is 68.2 Å². The second-order valence-electron chi connectivity index (χ2n) is 14.4. The molecule has 0 atom stereocenters. The smallest absolute Gasteiger partial charge is 0.238 e. The molecule has 9 aromatic carbocycles. The van der Waals surface area contributed by atoms with E-state index in [1.54, 1.807) is 0 Å². The van der Waals surface area contributed by atoms with Crippen LogP contribution in [0, 0.1) is 0 Å². The highest BCUT2D eigenvalue weighted by Gasteiger charge is 2.20. The van der Waals surface area contributed by atoms with Gasteiger partial charge in [0.15, 0.2) is 11.6 Å². The fourth-order valence-corrected chi connectivity index (χ4v) is 8.69. The zero-order valence-corrected chi connectivity index (χ0v) is 30.0. The predicted octanol–water partition coefficient (Wildman–Crippen LogP) is 13.3. The van der Waals surface area contributed by atoms with E-state index in [2.05, 4.69) is 156 Å². The summed E-state index contributed by atoms with van der Waals surface area (Å²) in [5.74, 6) is 1.80. The average Bonchev–Trinajstić information content (AvgIpc) is 3.82. The van der Waals surface area contributed by atoms with E-state index >= 15 is 0 Å². The molecular weight excluding hydrogens is 685 g/mol. The first-order chi connectivity index (χ1) is 27.8. The maximum Gasteiger partial charge on any atom is 0.238 e. The molecule has 5 nitrogen and oxygen atoms in total. The van der Waals surface area contributed by atoms with Gasteiger partial charge in [-0.2, -0.15) is 9.97 Å². The van der Waals surface area contributed by atoms with E-state index in [1.165, 1.54) is 32.3 Å². The van der Waals surface area contributed by atoms with Crippen molar-refractivity contribution in [3.63, 3.8) is 0 Å². The molecule has 0 fully saturated rings. The largest absolute Gasteiger partial charge is 0.455 e. The molecular formula is C51H30N4O. The number of benzene rings is 9. The quantitative estimate of drug-likeness (QED) is 0.170. The van der Waals surface area contributed by atoms with E-state index in [0.29, 0.717) is 17.6 Å². The molecule has 0 amide bonds. The summed E-state index contributed by atoms with van der Waals surface area (Å²) in [4.78, 5) is 15.6. The number of nitrogens with zero attached hydrogens (tertiary/aromatic N) is 4. The molecule has 0 aliphatic carbocycles. The summed E-state index contributed by atoms with van der Waals surface area (Å²) < 4.78 is 8.64. The number of aromatic nitrogens is 4. The lowest BCUT2D eigenvalue weighted by Gasteiger charge is -2.13. The van der Waals surface area contributed by atoms with Gasteiger partial charge >= 0.3 is 0 Å². The summed E-state index contributed by atoms with van der Waals surface area (Å²) in [6.45, 7) is 0. The summed E-state index contributed by atoms with van der Waals surface area (Å²) in [5.41, 5.74) is 7.82. The summed E-state index contributed by atoms with van der Waals surface area (Å²) in [5, 5.41) is 11.8. The molecule has 260 valence electrons. The zero-order valence-electron chi connectivity index (χ0n) is 30.0. The molecule has 5 heteroatoms. The summed E-state index contributed by atoms with van der Waals surface area (Å²) >= 11 is 0. The Morgan fingerprint density at radius 1 is 0.339 bits per heavy atom. The lowest BCUT2D eigenvalue weighted by Crippen LogP contribution is -2.06. The third-order valence-corrected chi connectivity index (χ3v) is 11.2. The summed E-state index contributed by atoms with van der Waals surface area (Å²) in [7, 11) is 0. The van der Waals surface area contributed by atoms with Crippen molar-refractivity contribution in [2.45, 2.75) is 0 Å². The van der Waals surface area contributed by atoms with Gasteiger partial charge in [0, 0.05) is 38.2 Å². The number of rotatable bonds is 4. The monoisotopic (exact) mass is 714 g/mol. The van der Waals surface area contributed by atoms with E-state index in [0.717, 1.165) is 66.0 Å². The van der Waals surface area contributed by atoms with Crippen molar-refractivity contribution in [2.75, 3.05) is 0 Å². The second-order valence-corrected chi connectivity index (χ2v) is 14.4. The molecule has 0 spiro atoms. The Morgan fingerprint density at radius 3 is 1.66 bits per heavy atom. The molecule has 0 N–H and O–H groups in total. The van der Waals surface area contributed by atoms with Crippen LogP contribution in [0.4, 0.5) is 0 Å². The zero-order chi connectivity index (χ0) is 36.7. The van der Waals surface area contributed by atoms with Gasteiger partial charge in [0.2, 0.25) is 5.95 Å². The maximum absolute atomic E-state index is 6.46. The summed E-state index contributed by atoms with van der Waals surface area (Å²) in [6.07, 6.45) is 0. The molecule has 0 bridgehead atoms. The molecule has 3 aromatic heterocycles. The van der Waals surface area contributed by atoms with Crippen molar-refractivity contribution in [2.24, 2.45) is 0 Å². The van der Waals surface area contributed by atoms with Crippen molar-refractivity contribution >= 4 is 76.1 Å². The third-order valence-electron chi connectivity index (χ3n) is 11.2. The van der Waals surface area contributed by atoms with Crippen molar-refractivity contribution < 1.29 is 4.42 Å². The van der Waals surface area contributed by atoms with Crippen LogP contribution in [0.1, 0.15) is 0 Å². The van der Waals surface area contributed by atoms with Gasteiger partial charge in [-0.25, -0.2) is 4.98 Å². The van der Waals surface area contributed by atoms with Crippen molar-refractivity contribution in [3.05, 3.63) is 182 Å². The van der Waals surface area contributed by atoms with E-state index in [-0.39, 0.29) is 0 Å². The van der Waals surface area contributed by atoms with Crippen molar-refractivity contribution in [3.8, 4) is 39.9 Å². The van der Waals surface area contributed by atoms with Crippen LogP contribution in [-0.4, -0.2) is 19.5 Å². The number of fused-ring (bicyclic) bond motifs is 12. The maximum atomic E-state index is 6.46. The van der Waals surface area contributed by atoms with Crippen LogP contribution >= 0.6 is 0 Å². The first kappa shape index (κ1) is 30.8. The fraction of sp³-hybridized carbons (Fsp3) is 0. The van der Waals surface area contributed by atoms with Gasteiger partial charge in [-0.15, -0.1) is 0 Å². The van der Waals surface area contributed by atoms with Crippen LogP contribution in [0.3, 0.4) is 0 Å².